The minimum absolute atomic E-state index is 0.109. The van der Waals surface area contributed by atoms with E-state index in [1.54, 1.807) is 36.2 Å². The molecule has 0 saturated heterocycles. The van der Waals surface area contributed by atoms with Crippen LogP contribution in [-0.4, -0.2) is 37.6 Å². The highest BCUT2D eigenvalue weighted by atomic mass is 16.5. The number of rotatable bonds is 7. The summed E-state index contributed by atoms with van der Waals surface area (Å²) >= 11 is 0. The van der Waals surface area contributed by atoms with Crippen molar-refractivity contribution in [3.05, 3.63) is 70.1 Å². The summed E-state index contributed by atoms with van der Waals surface area (Å²) in [6, 6.07) is 14.2. The third-order valence-electron chi connectivity index (χ3n) is 4.27. The highest BCUT2D eigenvalue weighted by molar-refractivity contribution is 5.79. The SMILES string of the molecule is Cc1cc(C)cc(OCCN(C)C(=O)COc2ccc3ccc(=O)oc3c2)c1. The fourth-order valence-corrected chi connectivity index (χ4v) is 2.83. The number of aryl methyl sites for hydroxylation is 2. The minimum atomic E-state index is -0.427. The second-order valence-corrected chi connectivity index (χ2v) is 6.73. The maximum absolute atomic E-state index is 12.3. The second-order valence-electron chi connectivity index (χ2n) is 6.73. The first-order valence-electron chi connectivity index (χ1n) is 9.02. The van der Waals surface area contributed by atoms with Gasteiger partial charge in [0.1, 0.15) is 23.7 Å². The summed E-state index contributed by atoms with van der Waals surface area (Å²) in [5.41, 5.74) is 2.27. The van der Waals surface area contributed by atoms with E-state index in [2.05, 4.69) is 6.07 Å². The van der Waals surface area contributed by atoms with Crippen LogP contribution in [0.2, 0.25) is 0 Å². The van der Waals surface area contributed by atoms with E-state index in [0.29, 0.717) is 24.5 Å². The predicted molar refractivity (Wildman–Crippen MR) is 107 cm³/mol. The van der Waals surface area contributed by atoms with Crippen molar-refractivity contribution in [2.24, 2.45) is 0 Å². The Balaban J connectivity index is 1.49. The summed E-state index contributed by atoms with van der Waals surface area (Å²) in [4.78, 5) is 25.1. The summed E-state index contributed by atoms with van der Waals surface area (Å²) in [5, 5.41) is 0.791. The normalized spacial score (nSPS) is 10.7. The molecule has 0 aliphatic rings. The van der Waals surface area contributed by atoms with Gasteiger partial charge in [-0.15, -0.1) is 0 Å². The molecule has 0 fully saturated rings. The standard InChI is InChI=1S/C22H23NO5/c1-15-10-16(2)12-19(11-15)26-9-8-23(3)21(24)14-27-18-6-4-17-5-7-22(25)28-20(17)13-18/h4-7,10-13H,8-9,14H2,1-3H3. The highest BCUT2D eigenvalue weighted by Gasteiger charge is 2.10. The molecule has 28 heavy (non-hydrogen) atoms. The molecule has 146 valence electrons. The molecule has 0 atom stereocenters. The molecule has 0 radical (unpaired) electrons. The maximum atomic E-state index is 12.3. The molecular formula is C22H23NO5. The van der Waals surface area contributed by atoms with Crippen LogP contribution in [0.1, 0.15) is 11.1 Å². The molecule has 0 saturated carbocycles. The topological polar surface area (TPSA) is 69.0 Å². The van der Waals surface area contributed by atoms with Crippen LogP contribution in [0.3, 0.4) is 0 Å². The molecule has 6 heteroatoms. The van der Waals surface area contributed by atoms with Crippen LogP contribution in [0.25, 0.3) is 11.0 Å². The minimum Gasteiger partial charge on any atom is -0.492 e. The van der Waals surface area contributed by atoms with Crippen LogP contribution in [0.15, 0.2) is 57.7 Å². The number of amides is 1. The molecule has 0 bridgehead atoms. The first-order chi connectivity index (χ1) is 13.4. The molecule has 0 aliphatic carbocycles. The number of hydrogen-bond acceptors (Lipinski definition) is 5. The number of benzene rings is 2. The van der Waals surface area contributed by atoms with Gasteiger partial charge in [-0.1, -0.05) is 6.07 Å². The quantitative estimate of drug-likeness (QED) is 0.587. The van der Waals surface area contributed by atoms with Crippen molar-refractivity contribution >= 4 is 16.9 Å². The Hall–Kier alpha value is -3.28. The fourth-order valence-electron chi connectivity index (χ4n) is 2.83. The first kappa shape index (κ1) is 19.5. The van der Waals surface area contributed by atoms with Gasteiger partial charge in [0.2, 0.25) is 0 Å². The van der Waals surface area contributed by atoms with Gasteiger partial charge in [0, 0.05) is 24.6 Å². The van der Waals surface area contributed by atoms with Crippen LogP contribution in [0.5, 0.6) is 11.5 Å². The van der Waals surface area contributed by atoms with Gasteiger partial charge in [0.15, 0.2) is 6.61 Å². The van der Waals surface area contributed by atoms with E-state index in [4.69, 9.17) is 13.9 Å². The molecule has 6 nitrogen and oxygen atoms in total. The predicted octanol–water partition coefficient (Wildman–Crippen LogP) is 3.33. The van der Waals surface area contributed by atoms with E-state index >= 15 is 0 Å². The zero-order valence-corrected chi connectivity index (χ0v) is 16.2. The lowest BCUT2D eigenvalue weighted by Gasteiger charge is -2.18. The van der Waals surface area contributed by atoms with Crippen LogP contribution >= 0.6 is 0 Å². The summed E-state index contributed by atoms with van der Waals surface area (Å²) in [6.45, 7) is 4.77. The van der Waals surface area contributed by atoms with Gasteiger partial charge >= 0.3 is 5.63 Å². The average molecular weight is 381 g/mol. The van der Waals surface area contributed by atoms with Crippen molar-refractivity contribution in [2.75, 3.05) is 26.8 Å². The van der Waals surface area contributed by atoms with Gasteiger partial charge in [0.05, 0.1) is 6.54 Å². The zero-order chi connectivity index (χ0) is 20.1. The second kappa shape index (κ2) is 8.61. The molecule has 0 aliphatic heterocycles. The van der Waals surface area contributed by atoms with E-state index < -0.39 is 5.63 Å². The number of fused-ring (bicyclic) bond motifs is 1. The third-order valence-corrected chi connectivity index (χ3v) is 4.27. The highest BCUT2D eigenvalue weighted by Crippen LogP contribution is 2.19. The summed E-state index contributed by atoms with van der Waals surface area (Å²) < 4.78 is 16.4. The van der Waals surface area contributed by atoms with E-state index in [1.807, 2.05) is 26.0 Å². The largest absolute Gasteiger partial charge is 0.492 e. The smallest absolute Gasteiger partial charge is 0.336 e. The lowest BCUT2D eigenvalue weighted by Crippen LogP contribution is -2.34. The summed E-state index contributed by atoms with van der Waals surface area (Å²) in [5.74, 6) is 1.10. The molecule has 1 aromatic heterocycles. The number of hydrogen-bond donors (Lipinski definition) is 0. The van der Waals surface area contributed by atoms with Crippen LogP contribution in [0, 0.1) is 13.8 Å². The number of nitrogens with zero attached hydrogens (tertiary/aromatic N) is 1. The van der Waals surface area contributed by atoms with Crippen molar-refractivity contribution in [1.82, 2.24) is 4.90 Å². The monoisotopic (exact) mass is 381 g/mol. The molecule has 3 rings (SSSR count). The molecule has 0 spiro atoms. The maximum Gasteiger partial charge on any atom is 0.336 e. The zero-order valence-electron chi connectivity index (χ0n) is 16.2. The first-order valence-corrected chi connectivity index (χ1v) is 9.02. The number of ether oxygens (including phenoxy) is 2. The van der Waals surface area contributed by atoms with Crippen LogP contribution in [-0.2, 0) is 4.79 Å². The number of carbonyl (C=O) groups excluding carboxylic acids is 1. The Kier molecular flexibility index (Phi) is 5.99. The number of carbonyl (C=O) groups is 1. The van der Waals surface area contributed by atoms with E-state index in [1.165, 1.54) is 6.07 Å². The van der Waals surface area contributed by atoms with Gasteiger partial charge < -0.3 is 18.8 Å². The van der Waals surface area contributed by atoms with Crippen LogP contribution < -0.4 is 15.1 Å². The molecule has 0 unspecified atom stereocenters. The van der Waals surface area contributed by atoms with Gasteiger partial charge in [-0.25, -0.2) is 4.79 Å². The van der Waals surface area contributed by atoms with E-state index in [0.717, 1.165) is 22.3 Å². The molecule has 1 amide bonds. The van der Waals surface area contributed by atoms with Crippen molar-refractivity contribution in [1.29, 1.82) is 0 Å². The number of likely N-dealkylation sites (N-methyl/N-ethyl adjacent to an activating group) is 1. The van der Waals surface area contributed by atoms with Gasteiger partial charge in [-0.2, -0.15) is 0 Å². The molecule has 0 N–H and O–H groups in total. The Morgan fingerprint density at radius 3 is 2.43 bits per heavy atom. The molecule has 3 aromatic rings. The fraction of sp³-hybridized carbons (Fsp3) is 0.273. The van der Waals surface area contributed by atoms with Gasteiger partial charge in [0.25, 0.3) is 5.91 Å². The van der Waals surface area contributed by atoms with Crippen molar-refractivity contribution < 1.29 is 18.7 Å². The van der Waals surface area contributed by atoms with Gasteiger partial charge in [-0.3, -0.25) is 4.79 Å². The average Bonchev–Trinajstić information content (AvgIpc) is 2.64. The Morgan fingerprint density at radius 1 is 0.964 bits per heavy atom. The van der Waals surface area contributed by atoms with E-state index in [-0.39, 0.29) is 12.5 Å². The summed E-state index contributed by atoms with van der Waals surface area (Å²) in [6.07, 6.45) is 0. The van der Waals surface area contributed by atoms with Crippen molar-refractivity contribution in [2.45, 2.75) is 13.8 Å². The molecule has 2 aromatic carbocycles. The molecular weight excluding hydrogens is 358 g/mol. The van der Waals surface area contributed by atoms with E-state index in [9.17, 15) is 9.59 Å². The molecule has 1 heterocycles. The lowest BCUT2D eigenvalue weighted by molar-refractivity contribution is -0.132. The Bertz CT molecular complexity index is 1020. The van der Waals surface area contributed by atoms with Crippen molar-refractivity contribution in [3.63, 3.8) is 0 Å². The van der Waals surface area contributed by atoms with Crippen LogP contribution in [0.4, 0.5) is 0 Å². The van der Waals surface area contributed by atoms with Gasteiger partial charge in [-0.05, 0) is 55.3 Å². The van der Waals surface area contributed by atoms with Crippen molar-refractivity contribution in [3.8, 4) is 11.5 Å². The summed E-state index contributed by atoms with van der Waals surface area (Å²) in [7, 11) is 1.70. The Morgan fingerprint density at radius 2 is 1.68 bits per heavy atom. The Labute approximate surface area is 163 Å². The third kappa shape index (κ3) is 5.13. The lowest BCUT2D eigenvalue weighted by atomic mass is 10.1.